The van der Waals surface area contributed by atoms with Gasteiger partial charge in [-0.05, 0) is 26.9 Å². The van der Waals surface area contributed by atoms with E-state index in [9.17, 15) is 9.59 Å². The molecule has 0 bridgehead atoms. The topological polar surface area (TPSA) is 65.0 Å². The van der Waals surface area contributed by atoms with Crippen LogP contribution in [0.25, 0.3) is 0 Å². The van der Waals surface area contributed by atoms with Crippen LogP contribution in [-0.4, -0.2) is 60.6 Å². The van der Waals surface area contributed by atoms with Crippen molar-refractivity contribution in [3.05, 3.63) is 0 Å². The molecule has 2 rings (SSSR count). The summed E-state index contributed by atoms with van der Waals surface area (Å²) in [5, 5.41) is 3.94. The number of likely N-dealkylation sites (N-methyl/N-ethyl adjacent to an activating group) is 1. The summed E-state index contributed by atoms with van der Waals surface area (Å²) >= 11 is 0. The van der Waals surface area contributed by atoms with Gasteiger partial charge in [-0.25, -0.2) is 5.43 Å². The molecule has 6 heteroatoms. The maximum absolute atomic E-state index is 12.6. The molecule has 0 aromatic rings. The lowest BCUT2D eigenvalue weighted by atomic mass is 10.1. The van der Waals surface area contributed by atoms with E-state index in [4.69, 9.17) is 0 Å². The average molecular weight is 280 g/mol. The van der Waals surface area contributed by atoms with E-state index in [1.165, 1.54) is 12.8 Å². The van der Waals surface area contributed by atoms with Crippen LogP contribution in [0.4, 0.5) is 0 Å². The van der Waals surface area contributed by atoms with Gasteiger partial charge in [0.2, 0.25) is 5.91 Å². The Morgan fingerprint density at radius 2 is 1.95 bits per heavy atom. The van der Waals surface area contributed by atoms with Crippen LogP contribution in [0, 0.1) is 0 Å². The highest BCUT2D eigenvalue weighted by Gasteiger charge is 2.30. The fourth-order valence-electron chi connectivity index (χ4n) is 2.77. The first kappa shape index (κ1) is 15.0. The van der Waals surface area contributed by atoms with E-state index in [0.717, 1.165) is 25.9 Å². The van der Waals surface area contributed by atoms with E-state index in [1.54, 1.807) is 0 Å². The molecule has 1 aliphatic carbocycles. The highest BCUT2D eigenvalue weighted by Crippen LogP contribution is 2.24. The molecular weight excluding hydrogens is 256 g/mol. The number of amides is 2. The Morgan fingerprint density at radius 1 is 1.25 bits per heavy atom. The number of nitrogens with one attached hydrogen (secondary N) is 1. The van der Waals surface area contributed by atoms with Gasteiger partial charge in [-0.1, -0.05) is 12.8 Å². The Balaban J connectivity index is 2.04. The molecule has 0 unspecified atom stereocenters. The number of rotatable bonds is 5. The van der Waals surface area contributed by atoms with Gasteiger partial charge in [0, 0.05) is 32.0 Å². The third kappa shape index (κ3) is 3.79. The van der Waals surface area contributed by atoms with Gasteiger partial charge in [-0.2, -0.15) is 5.10 Å². The summed E-state index contributed by atoms with van der Waals surface area (Å²) in [5.41, 5.74) is 2.91. The Labute approximate surface area is 120 Å². The van der Waals surface area contributed by atoms with E-state index in [-0.39, 0.29) is 11.8 Å². The smallest absolute Gasteiger partial charge is 0.270 e. The zero-order chi connectivity index (χ0) is 14.5. The molecule has 1 aliphatic heterocycles. The third-order valence-corrected chi connectivity index (χ3v) is 3.97. The summed E-state index contributed by atoms with van der Waals surface area (Å²) < 4.78 is 0. The molecule has 2 amide bonds. The lowest BCUT2D eigenvalue weighted by Gasteiger charge is -2.31. The molecule has 112 valence electrons. The fraction of sp³-hybridized carbons (Fsp3) is 0.786. The van der Waals surface area contributed by atoms with Crippen LogP contribution in [0.1, 0.15) is 38.5 Å². The molecule has 1 saturated carbocycles. The summed E-state index contributed by atoms with van der Waals surface area (Å²) in [6.07, 6.45) is 5.36. The monoisotopic (exact) mass is 280 g/mol. The van der Waals surface area contributed by atoms with E-state index in [0.29, 0.717) is 24.6 Å². The molecular formula is C14H24N4O2. The number of hydrogen-bond donors (Lipinski definition) is 1. The highest BCUT2D eigenvalue weighted by atomic mass is 16.2. The number of nitrogens with zero attached hydrogens (tertiary/aromatic N) is 3. The van der Waals surface area contributed by atoms with Gasteiger partial charge in [-0.15, -0.1) is 0 Å². The first-order chi connectivity index (χ1) is 9.58. The maximum atomic E-state index is 12.6. The number of hydrogen-bond acceptors (Lipinski definition) is 4. The van der Waals surface area contributed by atoms with Crippen molar-refractivity contribution in [3.63, 3.8) is 0 Å². The molecule has 0 saturated heterocycles. The van der Waals surface area contributed by atoms with E-state index in [1.807, 2.05) is 19.0 Å². The normalized spacial score (nSPS) is 19.9. The SMILES string of the molecule is CN(C)CCN(C(=O)C1=NNC(=O)CC1)C1CCCC1. The van der Waals surface area contributed by atoms with E-state index < -0.39 is 0 Å². The van der Waals surface area contributed by atoms with Crippen molar-refractivity contribution < 1.29 is 9.59 Å². The second kappa shape index (κ2) is 6.83. The molecule has 1 heterocycles. The van der Waals surface area contributed by atoms with Gasteiger partial charge in [0.15, 0.2) is 0 Å². The van der Waals surface area contributed by atoms with Crippen molar-refractivity contribution in [1.29, 1.82) is 0 Å². The Hall–Kier alpha value is -1.43. The highest BCUT2D eigenvalue weighted by molar-refractivity contribution is 6.39. The van der Waals surface area contributed by atoms with Crippen LogP contribution in [0.15, 0.2) is 5.10 Å². The fourth-order valence-corrected chi connectivity index (χ4v) is 2.77. The summed E-state index contributed by atoms with van der Waals surface area (Å²) in [6.45, 7) is 1.57. The Bertz CT molecular complexity index is 400. The van der Waals surface area contributed by atoms with E-state index in [2.05, 4.69) is 15.4 Å². The van der Waals surface area contributed by atoms with Crippen molar-refractivity contribution in [2.75, 3.05) is 27.2 Å². The second-order valence-electron chi connectivity index (χ2n) is 5.83. The molecule has 0 radical (unpaired) electrons. The van der Waals surface area contributed by atoms with Gasteiger partial charge in [0.25, 0.3) is 5.91 Å². The minimum atomic E-state index is -0.109. The van der Waals surface area contributed by atoms with E-state index >= 15 is 0 Å². The maximum Gasteiger partial charge on any atom is 0.270 e. The lowest BCUT2D eigenvalue weighted by Crippen LogP contribution is -2.47. The van der Waals surface area contributed by atoms with Crippen LogP contribution < -0.4 is 5.43 Å². The minimum Gasteiger partial charge on any atom is -0.333 e. The van der Waals surface area contributed by atoms with Crippen molar-refractivity contribution in [1.82, 2.24) is 15.2 Å². The van der Waals surface area contributed by atoms with Crippen molar-refractivity contribution in [2.45, 2.75) is 44.6 Å². The predicted molar refractivity (Wildman–Crippen MR) is 77.3 cm³/mol. The molecule has 0 spiro atoms. The lowest BCUT2D eigenvalue weighted by molar-refractivity contribution is -0.126. The predicted octanol–water partition coefficient (Wildman–Crippen LogP) is 0.585. The Morgan fingerprint density at radius 3 is 2.50 bits per heavy atom. The van der Waals surface area contributed by atoms with Gasteiger partial charge < -0.3 is 9.80 Å². The molecule has 1 fully saturated rings. The summed E-state index contributed by atoms with van der Waals surface area (Å²) in [4.78, 5) is 27.8. The summed E-state index contributed by atoms with van der Waals surface area (Å²) in [5.74, 6) is -0.110. The number of carbonyl (C=O) groups excluding carboxylic acids is 2. The number of hydrazone groups is 1. The van der Waals surface area contributed by atoms with Crippen LogP contribution in [0.5, 0.6) is 0 Å². The first-order valence-corrected chi connectivity index (χ1v) is 7.39. The summed E-state index contributed by atoms with van der Waals surface area (Å²) in [6, 6.07) is 0.336. The third-order valence-electron chi connectivity index (χ3n) is 3.97. The van der Waals surface area contributed by atoms with Crippen molar-refractivity contribution in [2.24, 2.45) is 5.10 Å². The van der Waals surface area contributed by atoms with Crippen LogP contribution in [-0.2, 0) is 9.59 Å². The molecule has 1 N–H and O–H groups in total. The largest absolute Gasteiger partial charge is 0.333 e. The van der Waals surface area contributed by atoms with Gasteiger partial charge >= 0.3 is 0 Å². The Kier molecular flexibility index (Phi) is 5.11. The molecule has 0 aromatic heterocycles. The molecule has 2 aliphatic rings. The second-order valence-corrected chi connectivity index (χ2v) is 5.83. The van der Waals surface area contributed by atoms with Gasteiger partial charge in [-0.3, -0.25) is 9.59 Å². The quantitative estimate of drug-likeness (QED) is 0.801. The van der Waals surface area contributed by atoms with Gasteiger partial charge in [0.05, 0.1) is 0 Å². The zero-order valence-electron chi connectivity index (χ0n) is 12.4. The molecule has 0 atom stereocenters. The summed E-state index contributed by atoms with van der Waals surface area (Å²) in [7, 11) is 4.02. The number of carbonyl (C=O) groups is 2. The van der Waals surface area contributed by atoms with Crippen molar-refractivity contribution >= 4 is 17.5 Å². The van der Waals surface area contributed by atoms with Gasteiger partial charge in [0.1, 0.15) is 5.71 Å². The van der Waals surface area contributed by atoms with Crippen LogP contribution >= 0.6 is 0 Å². The minimum absolute atomic E-state index is 0.00116. The zero-order valence-corrected chi connectivity index (χ0v) is 12.4. The first-order valence-electron chi connectivity index (χ1n) is 7.39. The van der Waals surface area contributed by atoms with Crippen LogP contribution in [0.2, 0.25) is 0 Å². The standard InChI is InChI=1S/C14H24N4O2/c1-17(2)9-10-18(11-5-3-4-6-11)14(20)12-7-8-13(19)16-15-12/h11H,3-10H2,1-2H3,(H,16,19). The molecule has 20 heavy (non-hydrogen) atoms. The molecule has 0 aromatic carbocycles. The van der Waals surface area contributed by atoms with Crippen molar-refractivity contribution in [3.8, 4) is 0 Å². The van der Waals surface area contributed by atoms with Crippen LogP contribution in [0.3, 0.4) is 0 Å². The average Bonchev–Trinajstić information content (AvgIpc) is 2.93. The molecule has 6 nitrogen and oxygen atoms in total.